The molecule has 2 aliphatic rings. The Kier molecular flexibility index (Phi) is 4.43. The molecular formula is C17H25N3O3. The second kappa shape index (κ2) is 6.35. The zero-order valence-corrected chi connectivity index (χ0v) is 14.1. The summed E-state index contributed by atoms with van der Waals surface area (Å²) in [6.07, 6.45) is 4.64. The van der Waals surface area contributed by atoms with Crippen LogP contribution in [-0.2, 0) is 4.74 Å². The van der Waals surface area contributed by atoms with Crippen molar-refractivity contribution in [2.75, 3.05) is 20.2 Å². The first-order chi connectivity index (χ1) is 11.0. The molecule has 6 nitrogen and oxygen atoms in total. The Morgan fingerprint density at radius 3 is 2.39 bits per heavy atom. The molecule has 0 aromatic carbocycles. The molecule has 0 bridgehead atoms. The molecule has 0 spiro atoms. The summed E-state index contributed by atoms with van der Waals surface area (Å²) >= 11 is 0. The molecule has 1 saturated carbocycles. The van der Waals surface area contributed by atoms with Gasteiger partial charge in [-0.3, -0.25) is 4.79 Å². The Morgan fingerprint density at radius 2 is 1.83 bits per heavy atom. The molecule has 1 amide bonds. The van der Waals surface area contributed by atoms with Crippen molar-refractivity contribution >= 4 is 11.9 Å². The summed E-state index contributed by atoms with van der Waals surface area (Å²) in [5.74, 6) is -0.543. The Balaban J connectivity index is 1.63. The molecule has 2 N–H and O–H groups in total. The highest BCUT2D eigenvalue weighted by Crippen LogP contribution is 2.29. The number of aromatic amines is 1. The third-order valence-corrected chi connectivity index (χ3v) is 4.98. The van der Waals surface area contributed by atoms with Gasteiger partial charge in [0.1, 0.15) is 5.69 Å². The predicted molar refractivity (Wildman–Crippen MR) is 86.7 cm³/mol. The van der Waals surface area contributed by atoms with Gasteiger partial charge in [-0.2, -0.15) is 0 Å². The molecule has 3 rings (SSSR count). The van der Waals surface area contributed by atoms with Gasteiger partial charge in [-0.15, -0.1) is 0 Å². The quantitative estimate of drug-likeness (QED) is 0.830. The van der Waals surface area contributed by atoms with Crippen LogP contribution in [0.25, 0.3) is 0 Å². The SMILES string of the molecule is COC(=O)c1c(C)[nH]c(C(=O)NC2CCN(C3CC3)CC2)c1C. The fourth-order valence-electron chi connectivity index (χ4n) is 3.49. The maximum atomic E-state index is 12.5. The van der Waals surface area contributed by atoms with Crippen LogP contribution in [0, 0.1) is 13.8 Å². The first-order valence-electron chi connectivity index (χ1n) is 8.33. The number of hydrogen-bond donors (Lipinski definition) is 2. The molecule has 0 unspecified atom stereocenters. The van der Waals surface area contributed by atoms with Crippen LogP contribution in [0.3, 0.4) is 0 Å². The normalized spacial score (nSPS) is 19.6. The lowest BCUT2D eigenvalue weighted by atomic mass is 10.0. The lowest BCUT2D eigenvalue weighted by Gasteiger charge is -2.32. The van der Waals surface area contributed by atoms with E-state index in [2.05, 4.69) is 15.2 Å². The molecule has 23 heavy (non-hydrogen) atoms. The Morgan fingerprint density at radius 1 is 1.17 bits per heavy atom. The molecule has 0 atom stereocenters. The molecule has 1 aromatic heterocycles. The number of hydrogen-bond acceptors (Lipinski definition) is 4. The second-order valence-corrected chi connectivity index (χ2v) is 6.63. The summed E-state index contributed by atoms with van der Waals surface area (Å²) in [6.45, 7) is 5.68. The molecule has 1 aromatic rings. The molecule has 6 heteroatoms. The average Bonchev–Trinajstić information content (AvgIpc) is 3.33. The van der Waals surface area contributed by atoms with Crippen LogP contribution < -0.4 is 5.32 Å². The maximum Gasteiger partial charge on any atom is 0.339 e. The van der Waals surface area contributed by atoms with E-state index in [0.29, 0.717) is 22.5 Å². The summed E-state index contributed by atoms with van der Waals surface area (Å²) < 4.78 is 4.78. The highest BCUT2D eigenvalue weighted by atomic mass is 16.5. The van der Waals surface area contributed by atoms with Gasteiger partial charge in [-0.25, -0.2) is 4.79 Å². The van der Waals surface area contributed by atoms with Gasteiger partial charge in [-0.05, 0) is 45.1 Å². The van der Waals surface area contributed by atoms with E-state index in [4.69, 9.17) is 4.74 Å². The molecule has 1 aliphatic carbocycles. The first kappa shape index (κ1) is 16.1. The summed E-state index contributed by atoms with van der Waals surface area (Å²) in [5, 5.41) is 3.10. The maximum absolute atomic E-state index is 12.5. The number of carbonyl (C=O) groups excluding carboxylic acids is 2. The van der Waals surface area contributed by atoms with Crippen LogP contribution in [0.4, 0.5) is 0 Å². The fourth-order valence-corrected chi connectivity index (χ4v) is 3.49. The molecule has 0 radical (unpaired) electrons. The van der Waals surface area contributed by atoms with Crippen LogP contribution >= 0.6 is 0 Å². The van der Waals surface area contributed by atoms with E-state index >= 15 is 0 Å². The van der Waals surface area contributed by atoms with Crippen molar-refractivity contribution in [3.8, 4) is 0 Å². The number of H-pyrrole nitrogens is 1. The molecule has 1 aliphatic heterocycles. The average molecular weight is 319 g/mol. The van der Waals surface area contributed by atoms with E-state index in [-0.39, 0.29) is 11.9 Å². The van der Waals surface area contributed by atoms with Gasteiger partial charge in [0.25, 0.3) is 5.91 Å². The number of aryl methyl sites for hydroxylation is 1. The summed E-state index contributed by atoms with van der Waals surface area (Å²) in [6, 6.07) is 1.00. The fraction of sp³-hybridized carbons (Fsp3) is 0.647. The number of ether oxygens (including phenoxy) is 1. The van der Waals surface area contributed by atoms with Gasteiger partial charge < -0.3 is 19.9 Å². The van der Waals surface area contributed by atoms with Crippen molar-refractivity contribution in [1.29, 1.82) is 0 Å². The number of nitrogens with zero attached hydrogens (tertiary/aromatic N) is 1. The van der Waals surface area contributed by atoms with Crippen molar-refractivity contribution < 1.29 is 14.3 Å². The van der Waals surface area contributed by atoms with Crippen LogP contribution in [0.15, 0.2) is 0 Å². The van der Waals surface area contributed by atoms with Crippen molar-refractivity contribution in [3.05, 3.63) is 22.5 Å². The number of methoxy groups -OCH3 is 1. The highest BCUT2D eigenvalue weighted by molar-refractivity contribution is 6.00. The number of nitrogens with one attached hydrogen (secondary N) is 2. The minimum Gasteiger partial charge on any atom is -0.465 e. The van der Waals surface area contributed by atoms with Crippen molar-refractivity contribution in [3.63, 3.8) is 0 Å². The van der Waals surface area contributed by atoms with E-state index in [9.17, 15) is 9.59 Å². The van der Waals surface area contributed by atoms with E-state index < -0.39 is 5.97 Å². The van der Waals surface area contributed by atoms with Gasteiger partial charge in [0.15, 0.2) is 0 Å². The third kappa shape index (κ3) is 3.27. The Labute approximate surface area is 136 Å². The highest BCUT2D eigenvalue weighted by Gasteiger charge is 2.32. The van der Waals surface area contributed by atoms with Gasteiger partial charge in [-0.1, -0.05) is 0 Å². The molecule has 126 valence electrons. The summed E-state index contributed by atoms with van der Waals surface area (Å²) in [4.78, 5) is 29.9. The van der Waals surface area contributed by atoms with E-state index in [1.54, 1.807) is 13.8 Å². The largest absolute Gasteiger partial charge is 0.465 e. The minimum atomic E-state index is -0.409. The van der Waals surface area contributed by atoms with E-state index in [0.717, 1.165) is 32.0 Å². The Bertz CT molecular complexity index is 611. The van der Waals surface area contributed by atoms with Crippen molar-refractivity contribution in [2.45, 2.75) is 51.6 Å². The molecular weight excluding hydrogens is 294 g/mol. The van der Waals surface area contributed by atoms with Gasteiger partial charge in [0.2, 0.25) is 0 Å². The Hall–Kier alpha value is -1.82. The topological polar surface area (TPSA) is 74.4 Å². The first-order valence-corrected chi connectivity index (χ1v) is 8.33. The second-order valence-electron chi connectivity index (χ2n) is 6.63. The van der Waals surface area contributed by atoms with Crippen LogP contribution in [0.1, 0.15) is 57.8 Å². The lowest BCUT2D eigenvalue weighted by molar-refractivity contribution is 0.0599. The minimum absolute atomic E-state index is 0.134. The number of aromatic nitrogens is 1. The zero-order chi connectivity index (χ0) is 16.6. The zero-order valence-electron chi connectivity index (χ0n) is 14.1. The molecule has 1 saturated heterocycles. The number of carbonyl (C=O) groups is 2. The van der Waals surface area contributed by atoms with Crippen molar-refractivity contribution in [2.24, 2.45) is 0 Å². The number of rotatable bonds is 4. The van der Waals surface area contributed by atoms with Crippen LogP contribution in [0.2, 0.25) is 0 Å². The van der Waals surface area contributed by atoms with Crippen LogP contribution in [0.5, 0.6) is 0 Å². The van der Waals surface area contributed by atoms with Crippen molar-refractivity contribution in [1.82, 2.24) is 15.2 Å². The van der Waals surface area contributed by atoms with E-state index in [1.807, 2.05) is 0 Å². The van der Waals surface area contributed by atoms with Gasteiger partial charge in [0.05, 0.1) is 12.7 Å². The third-order valence-electron chi connectivity index (χ3n) is 4.98. The standard InChI is InChI=1S/C17H25N3O3/c1-10-14(17(22)23-3)11(2)18-15(10)16(21)19-12-6-8-20(9-7-12)13-4-5-13/h12-13,18H,4-9H2,1-3H3,(H,19,21). The molecule has 2 heterocycles. The summed E-state index contributed by atoms with van der Waals surface area (Å²) in [5.41, 5.74) is 2.25. The smallest absolute Gasteiger partial charge is 0.339 e. The number of piperidine rings is 1. The predicted octanol–water partition coefficient (Wildman–Crippen LogP) is 1.77. The van der Waals surface area contributed by atoms with Gasteiger partial charge >= 0.3 is 5.97 Å². The number of likely N-dealkylation sites (tertiary alicyclic amines) is 1. The number of amides is 1. The van der Waals surface area contributed by atoms with Crippen LogP contribution in [-0.4, -0.2) is 54.0 Å². The summed E-state index contributed by atoms with van der Waals surface area (Å²) in [7, 11) is 1.35. The molecule has 2 fully saturated rings. The number of esters is 1. The van der Waals surface area contributed by atoms with Gasteiger partial charge in [0, 0.05) is 30.9 Å². The lowest BCUT2D eigenvalue weighted by Crippen LogP contribution is -2.45. The monoisotopic (exact) mass is 319 g/mol. The van der Waals surface area contributed by atoms with E-state index in [1.165, 1.54) is 20.0 Å².